The molecule has 0 bridgehead atoms. The molecule has 1 nitrogen and oxygen atoms in total. The van der Waals surface area contributed by atoms with Crippen LogP contribution in [0.15, 0.2) is 72.8 Å². The van der Waals surface area contributed by atoms with Crippen molar-refractivity contribution in [2.75, 3.05) is 0 Å². The van der Waals surface area contributed by atoms with E-state index in [1.807, 2.05) is 42.5 Å². The Hall–Kier alpha value is -2.41. The lowest BCUT2D eigenvalue weighted by Gasteiger charge is -2.19. The van der Waals surface area contributed by atoms with Crippen LogP contribution in [-0.4, -0.2) is 5.78 Å². The first-order valence-electron chi connectivity index (χ1n) is 7.33. The highest BCUT2D eigenvalue weighted by molar-refractivity contribution is 5.98. The van der Waals surface area contributed by atoms with E-state index in [9.17, 15) is 4.79 Å². The van der Waals surface area contributed by atoms with Crippen molar-refractivity contribution in [1.82, 2.24) is 0 Å². The minimum Gasteiger partial charge on any atom is -0.295 e. The predicted molar refractivity (Wildman–Crippen MR) is 87.6 cm³/mol. The summed E-state index contributed by atoms with van der Waals surface area (Å²) in [7, 11) is 0. The number of carbonyl (C=O) groups excluding carboxylic acids is 1. The van der Waals surface area contributed by atoms with E-state index in [0.29, 0.717) is 6.42 Å². The average Bonchev–Trinajstić information content (AvgIpc) is 2.54. The molecule has 0 heterocycles. The lowest BCUT2D eigenvalue weighted by molar-refractivity contribution is -0.115. The minimum absolute atomic E-state index is 0.225. The van der Waals surface area contributed by atoms with Gasteiger partial charge in [-0.3, -0.25) is 4.79 Å². The molecule has 0 radical (unpaired) electrons. The second-order valence-electron chi connectivity index (χ2n) is 5.44. The molecule has 0 aromatic heterocycles. The van der Waals surface area contributed by atoms with E-state index in [-0.39, 0.29) is 11.7 Å². The third-order valence-corrected chi connectivity index (χ3v) is 3.79. The summed E-state index contributed by atoms with van der Waals surface area (Å²) in [6, 6.07) is 20.4. The summed E-state index contributed by atoms with van der Waals surface area (Å²) in [6.07, 6.45) is 7.63. The topological polar surface area (TPSA) is 17.1 Å². The minimum atomic E-state index is 0.225. The molecule has 104 valence electrons. The number of hydrogen-bond acceptors (Lipinski definition) is 1. The van der Waals surface area contributed by atoms with Crippen LogP contribution in [0.4, 0.5) is 0 Å². The van der Waals surface area contributed by atoms with Gasteiger partial charge in [0.25, 0.3) is 0 Å². The molecule has 0 spiro atoms. The molecule has 2 aromatic carbocycles. The molecule has 1 heteroatoms. The van der Waals surface area contributed by atoms with E-state index in [2.05, 4.69) is 36.4 Å². The Morgan fingerprint density at radius 3 is 2.24 bits per heavy atom. The van der Waals surface area contributed by atoms with E-state index in [4.69, 9.17) is 0 Å². The second-order valence-corrected chi connectivity index (χ2v) is 5.44. The predicted octanol–water partition coefficient (Wildman–Crippen LogP) is 4.76. The summed E-state index contributed by atoms with van der Waals surface area (Å²) in [5, 5.41) is 0. The van der Waals surface area contributed by atoms with Crippen molar-refractivity contribution >= 4 is 17.4 Å². The van der Waals surface area contributed by atoms with Crippen LogP contribution in [0.1, 0.15) is 24.0 Å². The molecule has 1 aliphatic carbocycles. The largest absolute Gasteiger partial charge is 0.295 e. The Kier molecular flexibility index (Phi) is 4.11. The summed E-state index contributed by atoms with van der Waals surface area (Å²) in [4.78, 5) is 12.0. The zero-order valence-corrected chi connectivity index (χ0v) is 11.9. The molecule has 3 rings (SSSR count). The van der Waals surface area contributed by atoms with Crippen LogP contribution < -0.4 is 0 Å². The van der Waals surface area contributed by atoms with Gasteiger partial charge in [0.2, 0.25) is 0 Å². The van der Waals surface area contributed by atoms with Gasteiger partial charge in [-0.25, -0.2) is 0 Å². The molecule has 21 heavy (non-hydrogen) atoms. The van der Waals surface area contributed by atoms with Crippen molar-refractivity contribution in [3.8, 4) is 0 Å². The van der Waals surface area contributed by atoms with E-state index in [0.717, 1.165) is 17.6 Å². The van der Waals surface area contributed by atoms with Crippen LogP contribution in [0, 0.1) is 5.92 Å². The maximum absolute atomic E-state index is 12.0. The Labute approximate surface area is 125 Å². The zero-order chi connectivity index (χ0) is 14.5. The quantitative estimate of drug-likeness (QED) is 0.788. The fourth-order valence-corrected chi connectivity index (χ4v) is 2.73. The zero-order valence-electron chi connectivity index (χ0n) is 11.9. The highest BCUT2D eigenvalue weighted by Gasteiger charge is 2.19. The van der Waals surface area contributed by atoms with Crippen LogP contribution in [0.5, 0.6) is 0 Å². The van der Waals surface area contributed by atoms with Crippen molar-refractivity contribution in [2.45, 2.75) is 12.8 Å². The van der Waals surface area contributed by atoms with Gasteiger partial charge < -0.3 is 0 Å². The fourth-order valence-electron chi connectivity index (χ4n) is 2.73. The van der Waals surface area contributed by atoms with Crippen molar-refractivity contribution in [2.24, 2.45) is 5.92 Å². The lowest BCUT2D eigenvalue weighted by Crippen LogP contribution is -2.11. The van der Waals surface area contributed by atoms with Gasteiger partial charge in [0.05, 0.1) is 0 Å². The average molecular weight is 274 g/mol. The van der Waals surface area contributed by atoms with Gasteiger partial charge in [0, 0.05) is 6.42 Å². The number of hydrogen-bond donors (Lipinski definition) is 0. The number of ketones is 1. The first kappa shape index (κ1) is 13.6. The molecule has 1 aliphatic rings. The summed E-state index contributed by atoms with van der Waals surface area (Å²) in [6.45, 7) is 0. The van der Waals surface area contributed by atoms with Crippen molar-refractivity contribution in [3.63, 3.8) is 0 Å². The van der Waals surface area contributed by atoms with Crippen LogP contribution in [-0.2, 0) is 4.79 Å². The molecule has 0 saturated heterocycles. The van der Waals surface area contributed by atoms with E-state index < -0.39 is 0 Å². The number of rotatable bonds is 3. The number of allylic oxidation sites excluding steroid dienone is 3. The molecule has 0 amide bonds. The van der Waals surface area contributed by atoms with E-state index >= 15 is 0 Å². The van der Waals surface area contributed by atoms with Crippen LogP contribution in [0.25, 0.3) is 11.6 Å². The normalized spacial score (nSPS) is 18.8. The van der Waals surface area contributed by atoms with Gasteiger partial charge in [-0.15, -0.1) is 0 Å². The van der Waals surface area contributed by atoms with Gasteiger partial charge in [-0.05, 0) is 35.1 Å². The van der Waals surface area contributed by atoms with Crippen molar-refractivity contribution in [3.05, 3.63) is 83.9 Å². The van der Waals surface area contributed by atoms with Gasteiger partial charge >= 0.3 is 0 Å². The van der Waals surface area contributed by atoms with Gasteiger partial charge in [0.1, 0.15) is 0 Å². The maximum Gasteiger partial charge on any atom is 0.156 e. The van der Waals surface area contributed by atoms with Crippen LogP contribution in [0.2, 0.25) is 0 Å². The third-order valence-electron chi connectivity index (χ3n) is 3.79. The Balaban J connectivity index is 1.76. The monoisotopic (exact) mass is 274 g/mol. The van der Waals surface area contributed by atoms with Gasteiger partial charge in [-0.2, -0.15) is 0 Å². The molecule has 0 saturated carbocycles. The molecule has 2 aromatic rings. The van der Waals surface area contributed by atoms with Crippen LogP contribution >= 0.6 is 0 Å². The summed E-state index contributed by atoms with van der Waals surface area (Å²) in [5.41, 5.74) is 3.49. The van der Waals surface area contributed by atoms with E-state index in [1.165, 1.54) is 5.56 Å². The molecule has 0 unspecified atom stereocenters. The number of carbonyl (C=O) groups is 1. The highest BCUT2D eigenvalue weighted by atomic mass is 16.1. The molecular formula is C20H18O. The summed E-state index contributed by atoms with van der Waals surface area (Å²) in [5.74, 6) is 0.515. The Morgan fingerprint density at radius 1 is 0.857 bits per heavy atom. The first-order chi connectivity index (χ1) is 10.3. The van der Waals surface area contributed by atoms with Crippen molar-refractivity contribution in [1.29, 1.82) is 0 Å². The highest BCUT2D eigenvalue weighted by Crippen LogP contribution is 2.30. The van der Waals surface area contributed by atoms with Gasteiger partial charge in [-0.1, -0.05) is 72.8 Å². The Bertz CT molecular complexity index is 665. The number of benzene rings is 2. The molecule has 0 fully saturated rings. The molecule has 1 atom stereocenters. The summed E-state index contributed by atoms with van der Waals surface area (Å²) < 4.78 is 0. The maximum atomic E-state index is 12.0. The second kappa shape index (κ2) is 6.36. The lowest BCUT2D eigenvalue weighted by atomic mass is 9.84. The van der Waals surface area contributed by atoms with E-state index in [1.54, 1.807) is 0 Å². The SMILES string of the molecule is O=C1C=C(c2ccccc2)C[C@@H](/C=C\c2ccccc2)C1. The molecule has 0 N–H and O–H groups in total. The fraction of sp³-hybridized carbons (Fsp3) is 0.150. The standard InChI is InChI=1S/C20H18O/c21-20-14-17(12-11-16-7-3-1-4-8-16)13-19(15-20)18-9-5-2-6-10-18/h1-12,15,17H,13-14H2/b12-11-/t17-/m1/s1. The molecular weight excluding hydrogens is 256 g/mol. The van der Waals surface area contributed by atoms with Gasteiger partial charge in [0.15, 0.2) is 5.78 Å². The third kappa shape index (κ3) is 3.57. The molecule has 0 aliphatic heterocycles. The Morgan fingerprint density at radius 2 is 1.52 bits per heavy atom. The summed E-state index contributed by atoms with van der Waals surface area (Å²) >= 11 is 0. The first-order valence-corrected chi connectivity index (χ1v) is 7.33. The van der Waals surface area contributed by atoms with Crippen LogP contribution in [0.3, 0.4) is 0 Å². The van der Waals surface area contributed by atoms with Crippen molar-refractivity contribution < 1.29 is 4.79 Å². The smallest absolute Gasteiger partial charge is 0.156 e.